The predicted octanol–water partition coefficient (Wildman–Crippen LogP) is 3.67. The van der Waals surface area contributed by atoms with E-state index in [1.54, 1.807) is 6.07 Å². The second-order valence-corrected chi connectivity index (χ2v) is 8.27. The van der Waals surface area contributed by atoms with Crippen LogP contribution in [0.2, 0.25) is 0 Å². The van der Waals surface area contributed by atoms with Crippen molar-refractivity contribution in [3.63, 3.8) is 0 Å². The molecule has 0 aromatic heterocycles. The molecule has 2 aromatic rings. The van der Waals surface area contributed by atoms with E-state index < -0.39 is 17.7 Å². The van der Waals surface area contributed by atoms with Crippen molar-refractivity contribution < 1.29 is 22.7 Å². The molecule has 7 heteroatoms. The van der Waals surface area contributed by atoms with Crippen LogP contribution in [0.5, 0.6) is 0 Å². The molecule has 3 aliphatic rings. The van der Waals surface area contributed by atoms with Crippen LogP contribution in [0.3, 0.4) is 0 Å². The molecule has 30 heavy (non-hydrogen) atoms. The van der Waals surface area contributed by atoms with Crippen molar-refractivity contribution in [3.8, 4) is 0 Å². The first-order chi connectivity index (χ1) is 14.4. The molecule has 1 saturated heterocycles. The number of nitrogens with zero attached hydrogens (tertiary/aromatic N) is 2. The van der Waals surface area contributed by atoms with Crippen LogP contribution >= 0.6 is 0 Å². The first-order valence-corrected chi connectivity index (χ1v) is 10.3. The fraction of sp³-hybridized carbons (Fsp3) is 0.435. The van der Waals surface area contributed by atoms with Gasteiger partial charge in [-0.05, 0) is 47.7 Å². The summed E-state index contributed by atoms with van der Waals surface area (Å²) >= 11 is 0. The molecule has 0 bridgehead atoms. The molecule has 5 rings (SSSR count). The van der Waals surface area contributed by atoms with E-state index in [1.807, 2.05) is 23.1 Å². The summed E-state index contributed by atoms with van der Waals surface area (Å²) in [4.78, 5) is 17.5. The number of alkyl halides is 3. The fourth-order valence-electron chi connectivity index (χ4n) is 5.00. The molecule has 2 aromatic carbocycles. The van der Waals surface area contributed by atoms with Gasteiger partial charge in [0.05, 0.1) is 30.7 Å². The monoisotopic (exact) mass is 416 g/mol. The molecule has 2 atom stereocenters. The number of ether oxygens (including phenoxy) is 1. The summed E-state index contributed by atoms with van der Waals surface area (Å²) in [6, 6.07) is 11.9. The van der Waals surface area contributed by atoms with Gasteiger partial charge in [0.25, 0.3) is 0 Å². The van der Waals surface area contributed by atoms with Gasteiger partial charge in [-0.2, -0.15) is 13.2 Å². The number of hydrogen-bond acceptors (Lipinski definition) is 3. The largest absolute Gasteiger partial charge is 0.416 e. The average molecular weight is 416 g/mol. The zero-order chi connectivity index (χ0) is 20.9. The van der Waals surface area contributed by atoms with Gasteiger partial charge in [0.1, 0.15) is 0 Å². The first kappa shape index (κ1) is 19.4. The molecule has 4 nitrogen and oxygen atoms in total. The quantitative estimate of drug-likeness (QED) is 0.711. The molecular formula is C23H23F3N2O2. The maximum Gasteiger partial charge on any atom is 0.416 e. The minimum atomic E-state index is -4.40. The number of morpholine rings is 1. The molecule has 3 aliphatic heterocycles. The number of fused-ring (bicyclic) bond motifs is 4. The molecule has 0 saturated carbocycles. The zero-order valence-corrected chi connectivity index (χ0v) is 16.5. The lowest BCUT2D eigenvalue weighted by molar-refractivity contribution is -0.138. The van der Waals surface area contributed by atoms with Gasteiger partial charge in [-0.25, -0.2) is 0 Å². The van der Waals surface area contributed by atoms with E-state index >= 15 is 0 Å². The second kappa shape index (κ2) is 7.30. The predicted molar refractivity (Wildman–Crippen MR) is 106 cm³/mol. The molecule has 0 radical (unpaired) electrons. The van der Waals surface area contributed by atoms with Crippen molar-refractivity contribution in [2.45, 2.75) is 31.6 Å². The molecule has 0 N–H and O–H groups in total. The van der Waals surface area contributed by atoms with E-state index in [4.69, 9.17) is 4.74 Å². The van der Waals surface area contributed by atoms with Crippen LogP contribution in [0.15, 0.2) is 42.5 Å². The number of carbonyl (C=O) groups is 1. The minimum Gasteiger partial charge on any atom is -0.377 e. The van der Waals surface area contributed by atoms with Crippen LogP contribution in [-0.2, 0) is 35.1 Å². The van der Waals surface area contributed by atoms with Crippen LogP contribution in [-0.4, -0.2) is 43.2 Å². The number of anilines is 1. The van der Waals surface area contributed by atoms with E-state index in [9.17, 15) is 18.0 Å². The second-order valence-electron chi connectivity index (χ2n) is 8.27. The van der Waals surface area contributed by atoms with Gasteiger partial charge in [-0.3, -0.25) is 4.79 Å². The van der Waals surface area contributed by atoms with Crippen LogP contribution in [0.25, 0.3) is 0 Å². The lowest BCUT2D eigenvalue weighted by atomic mass is 9.83. The van der Waals surface area contributed by atoms with E-state index in [0.29, 0.717) is 44.8 Å². The van der Waals surface area contributed by atoms with Gasteiger partial charge >= 0.3 is 6.18 Å². The summed E-state index contributed by atoms with van der Waals surface area (Å²) in [5, 5.41) is 0. The van der Waals surface area contributed by atoms with E-state index in [2.05, 4.69) is 11.0 Å². The zero-order valence-electron chi connectivity index (χ0n) is 16.5. The standard InChI is InChI=1S/C23H23F3N2O2/c24-23(25,26)18-5-6-20-17(11-18)12-19(21-14-30-10-9-28(20)21)22(29)27-8-7-15-3-1-2-4-16(15)13-27/h1-6,11,19,21H,7-10,12-14H2. The molecule has 0 spiro atoms. The number of rotatable bonds is 1. The Hall–Kier alpha value is -2.54. The van der Waals surface area contributed by atoms with E-state index in [1.165, 1.54) is 11.6 Å². The molecule has 1 fully saturated rings. The summed E-state index contributed by atoms with van der Waals surface area (Å²) in [6.07, 6.45) is -3.29. The Kier molecular flexibility index (Phi) is 4.73. The number of benzene rings is 2. The fourth-order valence-corrected chi connectivity index (χ4v) is 5.00. The van der Waals surface area contributed by atoms with Crippen LogP contribution < -0.4 is 4.90 Å². The summed E-state index contributed by atoms with van der Waals surface area (Å²) in [7, 11) is 0. The van der Waals surface area contributed by atoms with Gasteiger partial charge in [0.2, 0.25) is 5.91 Å². The average Bonchev–Trinajstić information content (AvgIpc) is 2.76. The van der Waals surface area contributed by atoms with E-state index in [0.717, 1.165) is 23.7 Å². The number of hydrogen-bond donors (Lipinski definition) is 0. The lowest BCUT2D eigenvalue weighted by Crippen LogP contribution is -2.57. The van der Waals surface area contributed by atoms with Gasteiger partial charge < -0.3 is 14.5 Å². The highest BCUT2D eigenvalue weighted by atomic mass is 19.4. The van der Waals surface area contributed by atoms with E-state index in [-0.39, 0.29) is 11.9 Å². The van der Waals surface area contributed by atoms with Crippen LogP contribution in [0.1, 0.15) is 22.3 Å². The highest BCUT2D eigenvalue weighted by molar-refractivity contribution is 5.82. The van der Waals surface area contributed by atoms with Crippen molar-refractivity contribution in [3.05, 3.63) is 64.7 Å². The molecule has 0 aliphatic carbocycles. The summed E-state index contributed by atoms with van der Waals surface area (Å²) < 4.78 is 45.5. The van der Waals surface area contributed by atoms with Crippen LogP contribution in [0.4, 0.5) is 18.9 Å². The van der Waals surface area contributed by atoms with Crippen molar-refractivity contribution in [2.24, 2.45) is 5.92 Å². The highest BCUT2D eigenvalue weighted by Gasteiger charge is 2.43. The molecule has 2 unspecified atom stereocenters. The van der Waals surface area contributed by atoms with Gasteiger partial charge in [-0.1, -0.05) is 24.3 Å². The topological polar surface area (TPSA) is 32.8 Å². The van der Waals surface area contributed by atoms with Gasteiger partial charge in [0, 0.05) is 25.3 Å². The third kappa shape index (κ3) is 3.35. The Balaban J connectivity index is 1.46. The van der Waals surface area contributed by atoms with Crippen molar-refractivity contribution in [1.29, 1.82) is 0 Å². The SMILES string of the molecule is O=C(C1Cc2cc(C(F)(F)F)ccc2N2CCOCC12)N1CCc2ccccc2C1. The molecule has 1 amide bonds. The van der Waals surface area contributed by atoms with Gasteiger partial charge in [-0.15, -0.1) is 0 Å². The first-order valence-electron chi connectivity index (χ1n) is 10.3. The van der Waals surface area contributed by atoms with Crippen LogP contribution in [0, 0.1) is 5.92 Å². The summed E-state index contributed by atoms with van der Waals surface area (Å²) in [6.45, 7) is 2.69. The smallest absolute Gasteiger partial charge is 0.377 e. The number of carbonyl (C=O) groups excluding carboxylic acids is 1. The number of amides is 1. The summed E-state index contributed by atoms with van der Waals surface area (Å²) in [5.41, 5.74) is 3.13. The molecule has 158 valence electrons. The minimum absolute atomic E-state index is 0.00747. The number of halogens is 3. The maximum absolute atomic E-state index is 13.5. The highest BCUT2D eigenvalue weighted by Crippen LogP contribution is 2.40. The lowest BCUT2D eigenvalue weighted by Gasteiger charge is -2.47. The summed E-state index contributed by atoms with van der Waals surface area (Å²) in [5.74, 6) is -0.403. The van der Waals surface area contributed by atoms with Gasteiger partial charge in [0.15, 0.2) is 0 Å². The van der Waals surface area contributed by atoms with Crippen molar-refractivity contribution in [2.75, 3.05) is 31.2 Å². The Bertz CT molecular complexity index is 975. The molecule has 3 heterocycles. The normalized spacial score (nSPS) is 23.4. The Morgan fingerprint density at radius 1 is 1.03 bits per heavy atom. The Morgan fingerprint density at radius 2 is 1.83 bits per heavy atom. The maximum atomic E-state index is 13.5. The molecular weight excluding hydrogens is 393 g/mol. The third-order valence-corrected chi connectivity index (χ3v) is 6.55. The Labute approximate surface area is 173 Å². The van der Waals surface area contributed by atoms with Crippen molar-refractivity contribution in [1.82, 2.24) is 4.90 Å². The Morgan fingerprint density at radius 3 is 2.63 bits per heavy atom. The van der Waals surface area contributed by atoms with Crippen molar-refractivity contribution >= 4 is 11.6 Å². The third-order valence-electron chi connectivity index (χ3n) is 6.55.